The zero-order valence-electron chi connectivity index (χ0n) is 15.0. The molecule has 1 aromatic heterocycles. The summed E-state index contributed by atoms with van der Waals surface area (Å²) in [7, 11) is 2.02. The van der Waals surface area contributed by atoms with Gasteiger partial charge in [0.25, 0.3) is 0 Å². The fourth-order valence-corrected chi connectivity index (χ4v) is 2.79. The molecule has 0 amide bonds. The zero-order valence-corrected chi connectivity index (χ0v) is 15.0. The highest BCUT2D eigenvalue weighted by molar-refractivity contribution is 5.91. The van der Waals surface area contributed by atoms with Crippen LogP contribution in [0.1, 0.15) is 6.92 Å². The summed E-state index contributed by atoms with van der Waals surface area (Å²) >= 11 is 0. The van der Waals surface area contributed by atoms with Gasteiger partial charge in [0.2, 0.25) is 0 Å². The van der Waals surface area contributed by atoms with Gasteiger partial charge in [-0.15, -0.1) is 13.2 Å². The molecule has 1 heterocycles. The number of alkyl halides is 3. The Morgan fingerprint density at radius 1 is 1.11 bits per heavy atom. The first-order valence-electron chi connectivity index (χ1n) is 8.50. The van der Waals surface area contributed by atoms with Crippen molar-refractivity contribution in [3.05, 3.63) is 60.8 Å². The molecule has 1 unspecified atom stereocenters. The van der Waals surface area contributed by atoms with E-state index in [1.54, 1.807) is 12.3 Å². The van der Waals surface area contributed by atoms with Gasteiger partial charge >= 0.3 is 6.36 Å². The number of anilines is 2. The minimum Gasteiger partial charge on any atom is -0.406 e. The second-order valence-corrected chi connectivity index (χ2v) is 6.26. The van der Waals surface area contributed by atoms with E-state index in [4.69, 9.17) is 0 Å². The number of nitrogens with one attached hydrogen (secondary N) is 1. The lowest BCUT2D eigenvalue weighted by molar-refractivity contribution is -0.274. The van der Waals surface area contributed by atoms with Gasteiger partial charge in [0.1, 0.15) is 5.75 Å². The number of hydrogen-bond acceptors (Lipinski definition) is 4. The molecule has 1 N–H and O–H groups in total. The van der Waals surface area contributed by atoms with Gasteiger partial charge in [-0.2, -0.15) is 0 Å². The third-order valence-corrected chi connectivity index (χ3v) is 4.36. The summed E-state index contributed by atoms with van der Waals surface area (Å²) in [5.74, 6) is -0.281. The lowest BCUT2D eigenvalue weighted by Gasteiger charge is -2.27. The number of aromatic nitrogens is 1. The van der Waals surface area contributed by atoms with E-state index in [9.17, 15) is 13.2 Å². The van der Waals surface area contributed by atoms with E-state index in [2.05, 4.69) is 26.9 Å². The standard InChI is InChI=1S/C20H20F3N3O/c1-14(26(2)15-6-4-3-5-7-15)13-25-18-10-11-24-19-12-16(8-9-17(18)19)27-20(21,22)23/h3-12,14H,13H2,1-2H3,(H,24,25). The van der Waals surface area contributed by atoms with E-state index in [0.717, 1.165) is 16.8 Å². The van der Waals surface area contributed by atoms with Crippen LogP contribution in [0.25, 0.3) is 10.9 Å². The molecule has 0 bridgehead atoms. The number of fused-ring (bicyclic) bond motifs is 1. The van der Waals surface area contributed by atoms with E-state index in [1.807, 2.05) is 43.4 Å². The molecule has 7 heteroatoms. The first-order valence-corrected chi connectivity index (χ1v) is 8.50. The van der Waals surface area contributed by atoms with Gasteiger partial charge in [0.15, 0.2) is 0 Å². The van der Waals surface area contributed by atoms with Gasteiger partial charge in [-0.3, -0.25) is 4.98 Å². The topological polar surface area (TPSA) is 37.4 Å². The number of pyridine rings is 1. The van der Waals surface area contributed by atoms with Gasteiger partial charge in [-0.05, 0) is 37.3 Å². The Labute approximate surface area is 155 Å². The van der Waals surface area contributed by atoms with Crippen molar-refractivity contribution >= 4 is 22.3 Å². The molecule has 0 aliphatic rings. The molecule has 4 nitrogen and oxygen atoms in total. The monoisotopic (exact) mass is 375 g/mol. The normalized spacial score (nSPS) is 12.6. The quantitative estimate of drug-likeness (QED) is 0.653. The third kappa shape index (κ3) is 4.81. The maximum Gasteiger partial charge on any atom is 0.573 e. The first kappa shape index (κ1) is 18.8. The van der Waals surface area contributed by atoms with Gasteiger partial charge in [0, 0.05) is 48.7 Å². The first-order chi connectivity index (χ1) is 12.8. The number of benzene rings is 2. The molecule has 2 aromatic carbocycles. The highest BCUT2D eigenvalue weighted by Gasteiger charge is 2.31. The summed E-state index contributed by atoms with van der Waals surface area (Å²) < 4.78 is 41.1. The van der Waals surface area contributed by atoms with Crippen LogP contribution in [0.5, 0.6) is 5.75 Å². The van der Waals surface area contributed by atoms with Gasteiger partial charge in [-0.25, -0.2) is 0 Å². The summed E-state index contributed by atoms with van der Waals surface area (Å²) in [6.45, 7) is 2.75. The summed E-state index contributed by atoms with van der Waals surface area (Å²) in [5, 5.41) is 4.10. The molecular weight excluding hydrogens is 355 g/mol. The van der Waals surface area contributed by atoms with Crippen molar-refractivity contribution in [3.63, 3.8) is 0 Å². The van der Waals surface area contributed by atoms with Crippen molar-refractivity contribution < 1.29 is 17.9 Å². The van der Waals surface area contributed by atoms with Gasteiger partial charge in [0.05, 0.1) is 5.52 Å². The number of likely N-dealkylation sites (N-methyl/N-ethyl adjacent to an activating group) is 1. The lowest BCUT2D eigenvalue weighted by Crippen LogP contribution is -2.34. The maximum atomic E-state index is 12.4. The fourth-order valence-electron chi connectivity index (χ4n) is 2.79. The Morgan fingerprint density at radius 2 is 1.85 bits per heavy atom. The van der Waals surface area contributed by atoms with Crippen LogP contribution in [0.15, 0.2) is 60.8 Å². The number of nitrogens with zero attached hydrogens (tertiary/aromatic N) is 2. The molecule has 0 spiro atoms. The van der Waals surface area contributed by atoms with E-state index in [1.165, 1.54) is 12.1 Å². The van der Waals surface area contributed by atoms with E-state index in [-0.39, 0.29) is 11.8 Å². The Balaban J connectivity index is 1.73. The average Bonchev–Trinajstić information content (AvgIpc) is 2.64. The van der Waals surface area contributed by atoms with Crippen LogP contribution in [0.3, 0.4) is 0 Å². The Kier molecular flexibility index (Phi) is 5.39. The molecule has 0 aliphatic carbocycles. The SMILES string of the molecule is CC(CNc1ccnc2cc(OC(F)(F)F)ccc12)N(C)c1ccccc1. The molecule has 0 radical (unpaired) electrons. The van der Waals surface area contributed by atoms with Crippen LogP contribution >= 0.6 is 0 Å². The molecular formula is C20H20F3N3O. The van der Waals surface area contributed by atoms with Crippen LogP contribution in [-0.2, 0) is 0 Å². The van der Waals surface area contributed by atoms with Crippen molar-refractivity contribution in [2.75, 3.05) is 23.8 Å². The average molecular weight is 375 g/mol. The predicted molar refractivity (Wildman–Crippen MR) is 101 cm³/mol. The molecule has 1 atom stereocenters. The van der Waals surface area contributed by atoms with E-state index < -0.39 is 6.36 Å². The molecule has 0 saturated carbocycles. The second kappa shape index (κ2) is 7.73. The van der Waals surface area contributed by atoms with Crippen LogP contribution in [0, 0.1) is 0 Å². The van der Waals surface area contributed by atoms with Gasteiger partial charge < -0.3 is 15.0 Å². The smallest absolute Gasteiger partial charge is 0.406 e. The molecule has 3 rings (SSSR count). The van der Waals surface area contributed by atoms with Crippen molar-refractivity contribution in [2.24, 2.45) is 0 Å². The summed E-state index contributed by atoms with van der Waals surface area (Å²) in [4.78, 5) is 6.30. The van der Waals surface area contributed by atoms with Crippen molar-refractivity contribution in [1.82, 2.24) is 4.98 Å². The number of hydrogen-bond donors (Lipinski definition) is 1. The number of rotatable bonds is 6. The molecule has 3 aromatic rings. The molecule has 27 heavy (non-hydrogen) atoms. The zero-order chi connectivity index (χ0) is 19.4. The van der Waals surface area contributed by atoms with E-state index >= 15 is 0 Å². The van der Waals surface area contributed by atoms with Crippen LogP contribution in [0.4, 0.5) is 24.5 Å². The summed E-state index contributed by atoms with van der Waals surface area (Å²) in [6, 6.07) is 16.2. The number of para-hydroxylation sites is 1. The van der Waals surface area contributed by atoms with Crippen LogP contribution in [0.2, 0.25) is 0 Å². The Morgan fingerprint density at radius 3 is 2.56 bits per heavy atom. The Bertz CT molecular complexity index is 900. The van der Waals surface area contributed by atoms with Crippen molar-refractivity contribution in [3.8, 4) is 5.75 Å². The molecule has 0 fully saturated rings. The molecule has 142 valence electrons. The van der Waals surface area contributed by atoms with Gasteiger partial charge in [-0.1, -0.05) is 18.2 Å². The van der Waals surface area contributed by atoms with E-state index in [0.29, 0.717) is 12.1 Å². The minimum absolute atomic E-state index is 0.198. The van der Waals surface area contributed by atoms with Crippen molar-refractivity contribution in [1.29, 1.82) is 0 Å². The molecule has 0 aliphatic heterocycles. The minimum atomic E-state index is -4.72. The maximum absolute atomic E-state index is 12.4. The molecule has 0 saturated heterocycles. The fraction of sp³-hybridized carbons (Fsp3) is 0.250. The summed E-state index contributed by atoms with van der Waals surface area (Å²) in [6.07, 6.45) is -3.16. The predicted octanol–water partition coefficient (Wildman–Crippen LogP) is 5.07. The highest BCUT2D eigenvalue weighted by Crippen LogP contribution is 2.29. The Hall–Kier alpha value is -2.96. The third-order valence-electron chi connectivity index (χ3n) is 4.36. The largest absolute Gasteiger partial charge is 0.573 e. The van der Waals surface area contributed by atoms with Crippen LogP contribution < -0.4 is 15.0 Å². The number of halogens is 3. The second-order valence-electron chi connectivity index (χ2n) is 6.26. The van der Waals surface area contributed by atoms with Crippen molar-refractivity contribution in [2.45, 2.75) is 19.3 Å². The summed E-state index contributed by atoms with van der Waals surface area (Å²) in [5.41, 5.74) is 2.36. The highest BCUT2D eigenvalue weighted by atomic mass is 19.4. The van der Waals surface area contributed by atoms with Crippen LogP contribution in [-0.4, -0.2) is 31.0 Å². The lowest BCUT2D eigenvalue weighted by atomic mass is 10.1. The number of ether oxygens (including phenoxy) is 1.